The van der Waals surface area contributed by atoms with Crippen molar-refractivity contribution in [3.05, 3.63) is 29.3 Å². The Morgan fingerprint density at radius 3 is 2.68 bits per heavy atom. The summed E-state index contributed by atoms with van der Waals surface area (Å²) >= 11 is 0. The number of amides is 1. The van der Waals surface area contributed by atoms with Gasteiger partial charge in [-0.05, 0) is 49.8 Å². The number of piperidine rings is 1. The molecular formula is C16H25N2O+. The lowest BCUT2D eigenvalue weighted by molar-refractivity contribution is -0.897. The number of carbonyl (C=O) groups excluding carboxylic acids is 1. The predicted molar refractivity (Wildman–Crippen MR) is 78.5 cm³/mol. The molecule has 3 nitrogen and oxygen atoms in total. The zero-order valence-electron chi connectivity index (χ0n) is 12.3. The van der Waals surface area contributed by atoms with E-state index in [-0.39, 0.29) is 5.91 Å². The molecular weight excluding hydrogens is 236 g/mol. The molecule has 1 aromatic rings. The Bertz CT molecular complexity index is 448. The molecule has 104 valence electrons. The van der Waals surface area contributed by atoms with Crippen molar-refractivity contribution in [1.29, 1.82) is 0 Å². The van der Waals surface area contributed by atoms with Crippen molar-refractivity contribution in [2.75, 3.05) is 25.0 Å². The Kier molecular flexibility index (Phi) is 4.59. The minimum absolute atomic E-state index is 0.137. The number of rotatable bonds is 3. The first-order chi connectivity index (χ1) is 9.06. The molecule has 0 spiro atoms. The van der Waals surface area contributed by atoms with Gasteiger partial charge in [-0.15, -0.1) is 0 Å². The maximum absolute atomic E-state index is 12.1. The van der Waals surface area contributed by atoms with E-state index >= 15 is 0 Å². The predicted octanol–water partition coefficient (Wildman–Crippen LogP) is 1.56. The highest BCUT2D eigenvalue weighted by atomic mass is 16.2. The van der Waals surface area contributed by atoms with Gasteiger partial charge in [0, 0.05) is 5.69 Å². The number of aryl methyl sites for hydroxylation is 1. The molecule has 0 bridgehead atoms. The van der Waals surface area contributed by atoms with E-state index in [9.17, 15) is 4.79 Å². The molecule has 3 heteroatoms. The number of likely N-dealkylation sites (tertiary alicyclic amines) is 1. The molecule has 0 saturated carbocycles. The first-order valence-electron chi connectivity index (χ1n) is 7.26. The molecule has 2 N–H and O–H groups in total. The average Bonchev–Trinajstić information content (AvgIpc) is 2.38. The minimum Gasteiger partial charge on any atom is -0.327 e. The number of hydrogen-bond donors (Lipinski definition) is 2. The van der Waals surface area contributed by atoms with Gasteiger partial charge >= 0.3 is 0 Å². The van der Waals surface area contributed by atoms with Crippen LogP contribution in [0, 0.1) is 19.8 Å². The van der Waals surface area contributed by atoms with Gasteiger partial charge in [0.05, 0.1) is 13.1 Å². The maximum atomic E-state index is 12.1. The molecule has 1 saturated heterocycles. The summed E-state index contributed by atoms with van der Waals surface area (Å²) in [4.78, 5) is 13.5. The van der Waals surface area contributed by atoms with Crippen molar-refractivity contribution in [3.8, 4) is 0 Å². The molecule has 19 heavy (non-hydrogen) atoms. The summed E-state index contributed by atoms with van der Waals surface area (Å²) in [6.07, 6.45) is 2.48. The Labute approximate surface area is 116 Å². The summed E-state index contributed by atoms with van der Waals surface area (Å²) in [5.41, 5.74) is 3.34. The van der Waals surface area contributed by atoms with Crippen molar-refractivity contribution >= 4 is 11.6 Å². The minimum atomic E-state index is 0.137. The third kappa shape index (κ3) is 3.80. The molecule has 0 aromatic heterocycles. The Balaban J connectivity index is 1.89. The van der Waals surface area contributed by atoms with Crippen molar-refractivity contribution < 1.29 is 9.69 Å². The molecule has 1 fully saturated rings. The quantitative estimate of drug-likeness (QED) is 0.850. The summed E-state index contributed by atoms with van der Waals surface area (Å²) in [6.45, 7) is 9.28. The fourth-order valence-electron chi connectivity index (χ4n) is 2.66. The molecule has 1 amide bonds. The number of anilines is 1. The maximum Gasteiger partial charge on any atom is 0.279 e. The van der Waals surface area contributed by atoms with Crippen LogP contribution >= 0.6 is 0 Å². The Hall–Kier alpha value is -1.35. The summed E-state index contributed by atoms with van der Waals surface area (Å²) in [5.74, 6) is 0.962. The van der Waals surface area contributed by atoms with Crippen molar-refractivity contribution in [2.45, 2.75) is 33.6 Å². The SMILES string of the molecule is Cc1cccc(NC(=O)C[NH+]2CCC(C)CC2)c1C. The summed E-state index contributed by atoms with van der Waals surface area (Å²) < 4.78 is 0. The third-order valence-corrected chi connectivity index (χ3v) is 4.27. The monoisotopic (exact) mass is 261 g/mol. The van der Waals surface area contributed by atoms with Gasteiger partial charge in [0.25, 0.3) is 5.91 Å². The molecule has 1 aromatic carbocycles. The van der Waals surface area contributed by atoms with Crippen LogP contribution in [0.3, 0.4) is 0 Å². The summed E-state index contributed by atoms with van der Waals surface area (Å²) in [6, 6.07) is 6.05. The lowest BCUT2D eigenvalue weighted by atomic mass is 9.99. The van der Waals surface area contributed by atoms with Crippen LogP contribution in [0.15, 0.2) is 18.2 Å². The normalized spacial score (nSPS) is 23.1. The van der Waals surface area contributed by atoms with Gasteiger partial charge in [0.15, 0.2) is 6.54 Å². The zero-order chi connectivity index (χ0) is 13.8. The smallest absolute Gasteiger partial charge is 0.279 e. The second kappa shape index (κ2) is 6.20. The molecule has 1 heterocycles. The molecule has 1 aliphatic heterocycles. The van der Waals surface area contributed by atoms with Crippen LogP contribution < -0.4 is 10.2 Å². The third-order valence-electron chi connectivity index (χ3n) is 4.27. The number of carbonyl (C=O) groups is 1. The molecule has 2 rings (SSSR count). The number of hydrogen-bond acceptors (Lipinski definition) is 1. The second-order valence-electron chi connectivity index (χ2n) is 5.90. The van der Waals surface area contributed by atoms with Gasteiger partial charge in [-0.3, -0.25) is 4.79 Å². The van der Waals surface area contributed by atoms with E-state index in [1.165, 1.54) is 23.3 Å². The van der Waals surface area contributed by atoms with Crippen LogP contribution in [0.5, 0.6) is 0 Å². The van der Waals surface area contributed by atoms with Gasteiger partial charge in [0.2, 0.25) is 0 Å². The van der Waals surface area contributed by atoms with E-state index in [1.54, 1.807) is 0 Å². The van der Waals surface area contributed by atoms with E-state index in [0.717, 1.165) is 30.3 Å². The van der Waals surface area contributed by atoms with Gasteiger partial charge in [0.1, 0.15) is 0 Å². The number of quaternary nitrogens is 1. The van der Waals surface area contributed by atoms with Crippen LogP contribution in [0.2, 0.25) is 0 Å². The van der Waals surface area contributed by atoms with Gasteiger partial charge < -0.3 is 10.2 Å². The van der Waals surface area contributed by atoms with Crippen LogP contribution in [0.25, 0.3) is 0 Å². The summed E-state index contributed by atoms with van der Waals surface area (Å²) in [5, 5.41) is 3.05. The zero-order valence-corrected chi connectivity index (χ0v) is 12.3. The van der Waals surface area contributed by atoms with E-state index in [0.29, 0.717) is 6.54 Å². The van der Waals surface area contributed by atoms with Crippen LogP contribution in [-0.4, -0.2) is 25.5 Å². The highest BCUT2D eigenvalue weighted by Gasteiger charge is 2.21. The first kappa shape index (κ1) is 14.1. The van der Waals surface area contributed by atoms with E-state index in [2.05, 4.69) is 32.2 Å². The highest BCUT2D eigenvalue weighted by molar-refractivity contribution is 5.92. The lowest BCUT2D eigenvalue weighted by Crippen LogP contribution is -3.14. The van der Waals surface area contributed by atoms with E-state index in [4.69, 9.17) is 0 Å². The second-order valence-corrected chi connectivity index (χ2v) is 5.90. The molecule has 0 unspecified atom stereocenters. The van der Waals surface area contributed by atoms with Crippen LogP contribution in [-0.2, 0) is 4.79 Å². The topological polar surface area (TPSA) is 33.5 Å². The molecule has 1 aliphatic rings. The van der Waals surface area contributed by atoms with E-state index < -0.39 is 0 Å². The van der Waals surface area contributed by atoms with Crippen LogP contribution in [0.1, 0.15) is 30.9 Å². The van der Waals surface area contributed by atoms with Gasteiger partial charge in [-0.2, -0.15) is 0 Å². The van der Waals surface area contributed by atoms with Crippen molar-refractivity contribution in [1.82, 2.24) is 0 Å². The standard InChI is InChI=1S/C16H24N2O/c1-12-7-9-18(10-8-12)11-16(19)17-15-6-4-5-13(2)14(15)3/h4-6,12H,7-11H2,1-3H3,(H,17,19)/p+1. The number of benzene rings is 1. The fraction of sp³-hybridized carbons (Fsp3) is 0.562. The van der Waals surface area contributed by atoms with Crippen molar-refractivity contribution in [2.24, 2.45) is 5.92 Å². The van der Waals surface area contributed by atoms with Crippen molar-refractivity contribution in [3.63, 3.8) is 0 Å². The first-order valence-corrected chi connectivity index (χ1v) is 7.26. The highest BCUT2D eigenvalue weighted by Crippen LogP contribution is 2.17. The lowest BCUT2D eigenvalue weighted by Gasteiger charge is -2.26. The Morgan fingerprint density at radius 2 is 2.00 bits per heavy atom. The van der Waals surface area contributed by atoms with E-state index in [1.807, 2.05) is 12.1 Å². The molecule has 0 radical (unpaired) electrons. The fourth-order valence-corrected chi connectivity index (χ4v) is 2.66. The van der Waals surface area contributed by atoms with Gasteiger partial charge in [-0.1, -0.05) is 19.1 Å². The molecule has 0 aliphatic carbocycles. The average molecular weight is 261 g/mol. The summed E-state index contributed by atoms with van der Waals surface area (Å²) in [7, 11) is 0. The van der Waals surface area contributed by atoms with Gasteiger partial charge in [-0.25, -0.2) is 0 Å². The van der Waals surface area contributed by atoms with Crippen LogP contribution in [0.4, 0.5) is 5.69 Å². The Morgan fingerprint density at radius 1 is 1.32 bits per heavy atom. The largest absolute Gasteiger partial charge is 0.327 e. The number of nitrogens with one attached hydrogen (secondary N) is 2. The molecule has 0 atom stereocenters.